The van der Waals surface area contributed by atoms with Crippen molar-refractivity contribution in [3.05, 3.63) is 38.3 Å². The first-order valence-corrected chi connectivity index (χ1v) is 7.87. The van der Waals surface area contributed by atoms with Crippen LogP contribution in [0.2, 0.25) is 0 Å². The molecule has 0 spiro atoms. The van der Waals surface area contributed by atoms with E-state index in [0.29, 0.717) is 12.4 Å². The molecule has 0 aliphatic rings. The molecule has 19 heavy (non-hydrogen) atoms. The molecule has 1 aromatic carbocycles. The van der Waals surface area contributed by atoms with Gasteiger partial charge in [0.15, 0.2) is 5.76 Å². The Labute approximate surface area is 135 Å². The van der Waals surface area contributed by atoms with E-state index in [1.165, 1.54) is 3.57 Å². The van der Waals surface area contributed by atoms with Gasteiger partial charge in [0.2, 0.25) is 5.89 Å². The van der Waals surface area contributed by atoms with Gasteiger partial charge < -0.3 is 9.73 Å². The lowest BCUT2D eigenvalue weighted by Crippen LogP contribution is -2.35. The van der Waals surface area contributed by atoms with Gasteiger partial charge in [-0.1, -0.05) is 15.9 Å². The minimum atomic E-state index is 0.0529. The number of hydrogen-bond donors (Lipinski definition) is 1. The molecule has 1 aromatic heterocycles. The lowest BCUT2D eigenvalue weighted by atomic mass is 10.1. The smallest absolute Gasteiger partial charge is 0.208 e. The fourth-order valence-corrected chi connectivity index (χ4v) is 2.48. The van der Waals surface area contributed by atoms with Crippen LogP contribution in [0.4, 0.5) is 0 Å². The van der Waals surface area contributed by atoms with Gasteiger partial charge in [0, 0.05) is 19.1 Å². The Morgan fingerprint density at radius 3 is 2.79 bits per heavy atom. The maximum Gasteiger partial charge on any atom is 0.208 e. The molecule has 0 unspecified atom stereocenters. The molecule has 3 nitrogen and oxygen atoms in total. The maximum atomic E-state index is 5.79. The molecule has 0 bridgehead atoms. The summed E-state index contributed by atoms with van der Waals surface area (Å²) >= 11 is 5.83. The fourth-order valence-electron chi connectivity index (χ4n) is 1.54. The topological polar surface area (TPSA) is 38.1 Å². The summed E-state index contributed by atoms with van der Waals surface area (Å²) in [6.07, 6.45) is 1.77. The summed E-state index contributed by atoms with van der Waals surface area (Å²) in [4.78, 5) is 4.31. The number of hydrogen-bond acceptors (Lipinski definition) is 3. The number of rotatable bonds is 3. The van der Waals surface area contributed by atoms with Gasteiger partial charge in [-0.05, 0) is 61.6 Å². The van der Waals surface area contributed by atoms with E-state index >= 15 is 0 Å². The molecule has 2 aromatic rings. The van der Waals surface area contributed by atoms with Gasteiger partial charge >= 0.3 is 0 Å². The monoisotopic (exact) mass is 434 g/mol. The predicted octanol–water partition coefficient (Wildman–Crippen LogP) is 4.60. The van der Waals surface area contributed by atoms with Crippen molar-refractivity contribution in [1.82, 2.24) is 10.3 Å². The van der Waals surface area contributed by atoms with Gasteiger partial charge in [-0.25, -0.2) is 4.98 Å². The number of nitrogens with zero attached hydrogens (tertiary/aromatic N) is 1. The van der Waals surface area contributed by atoms with Crippen LogP contribution in [0.5, 0.6) is 0 Å². The molecular formula is C14H16BrIN2O. The van der Waals surface area contributed by atoms with Crippen molar-refractivity contribution < 1.29 is 4.42 Å². The van der Waals surface area contributed by atoms with Crippen molar-refractivity contribution in [1.29, 1.82) is 0 Å². The average Bonchev–Trinajstić information content (AvgIpc) is 2.77. The number of nitrogens with one attached hydrogen (secondary N) is 1. The summed E-state index contributed by atoms with van der Waals surface area (Å²) in [5.74, 6) is 1.49. The Balaban J connectivity index is 2.19. The zero-order chi connectivity index (χ0) is 14.0. The third kappa shape index (κ3) is 4.29. The Morgan fingerprint density at radius 2 is 2.11 bits per heavy atom. The zero-order valence-electron chi connectivity index (χ0n) is 11.1. The van der Waals surface area contributed by atoms with Crippen LogP contribution < -0.4 is 5.32 Å². The van der Waals surface area contributed by atoms with Gasteiger partial charge in [0.05, 0.1) is 12.7 Å². The van der Waals surface area contributed by atoms with E-state index < -0.39 is 0 Å². The van der Waals surface area contributed by atoms with Crippen molar-refractivity contribution in [3.8, 4) is 11.3 Å². The second-order valence-electron chi connectivity index (χ2n) is 5.35. The van der Waals surface area contributed by atoms with Crippen LogP contribution in [0.1, 0.15) is 26.7 Å². The molecule has 2 rings (SSSR count). The molecule has 0 saturated heterocycles. The van der Waals surface area contributed by atoms with Gasteiger partial charge in [0.1, 0.15) is 0 Å². The Kier molecular flexibility index (Phi) is 4.68. The average molecular weight is 435 g/mol. The normalized spacial score (nSPS) is 11.8. The van der Waals surface area contributed by atoms with Crippen molar-refractivity contribution in [2.45, 2.75) is 32.9 Å². The molecule has 102 valence electrons. The molecular weight excluding hydrogens is 419 g/mol. The van der Waals surface area contributed by atoms with Crippen LogP contribution in [0.15, 0.2) is 33.3 Å². The minimum Gasteiger partial charge on any atom is -0.439 e. The third-order valence-electron chi connectivity index (χ3n) is 2.52. The zero-order valence-corrected chi connectivity index (χ0v) is 14.9. The Bertz CT molecular complexity index is 575. The molecule has 0 saturated carbocycles. The van der Waals surface area contributed by atoms with Gasteiger partial charge in [0.25, 0.3) is 0 Å². The maximum absolute atomic E-state index is 5.79. The highest BCUT2D eigenvalue weighted by molar-refractivity contribution is 14.1. The highest BCUT2D eigenvalue weighted by atomic mass is 127. The summed E-state index contributed by atoms with van der Waals surface area (Å²) in [5, 5.41) is 3.36. The lowest BCUT2D eigenvalue weighted by molar-refractivity contribution is 0.383. The summed E-state index contributed by atoms with van der Waals surface area (Å²) in [6.45, 7) is 6.98. The summed E-state index contributed by atoms with van der Waals surface area (Å²) in [5.41, 5.74) is 1.08. The quantitative estimate of drug-likeness (QED) is 0.717. The number of oxazole rings is 1. The van der Waals surface area contributed by atoms with Crippen molar-refractivity contribution in [2.24, 2.45) is 0 Å². The van der Waals surface area contributed by atoms with Gasteiger partial charge in [-0.15, -0.1) is 0 Å². The molecule has 0 radical (unpaired) electrons. The van der Waals surface area contributed by atoms with E-state index in [1.807, 2.05) is 12.1 Å². The first-order valence-electron chi connectivity index (χ1n) is 6.00. The number of halogens is 2. The second-order valence-corrected chi connectivity index (χ2v) is 7.45. The van der Waals surface area contributed by atoms with Crippen LogP contribution >= 0.6 is 38.5 Å². The lowest BCUT2D eigenvalue weighted by Gasteiger charge is -2.18. The minimum absolute atomic E-state index is 0.0529. The van der Waals surface area contributed by atoms with Gasteiger partial charge in [-0.3, -0.25) is 0 Å². The van der Waals surface area contributed by atoms with E-state index in [4.69, 9.17) is 4.42 Å². The first kappa shape index (κ1) is 15.0. The van der Waals surface area contributed by atoms with Crippen LogP contribution in [0.25, 0.3) is 11.3 Å². The fraction of sp³-hybridized carbons (Fsp3) is 0.357. The first-order chi connectivity index (χ1) is 8.85. The van der Waals surface area contributed by atoms with Crippen LogP contribution in [0, 0.1) is 3.57 Å². The Hall–Kier alpha value is -0.400. The molecule has 0 fully saturated rings. The summed E-state index contributed by atoms with van der Waals surface area (Å²) < 4.78 is 7.98. The molecule has 0 atom stereocenters. The number of aromatic nitrogens is 1. The predicted molar refractivity (Wildman–Crippen MR) is 88.9 cm³/mol. The molecule has 5 heteroatoms. The molecule has 0 amide bonds. The van der Waals surface area contributed by atoms with Crippen LogP contribution in [-0.2, 0) is 6.54 Å². The molecule has 1 heterocycles. The van der Waals surface area contributed by atoms with Crippen molar-refractivity contribution >= 4 is 38.5 Å². The highest BCUT2D eigenvalue weighted by Crippen LogP contribution is 2.30. The second kappa shape index (κ2) is 5.93. The third-order valence-corrected chi connectivity index (χ3v) is 3.88. The van der Waals surface area contributed by atoms with E-state index in [9.17, 15) is 0 Å². The Morgan fingerprint density at radius 1 is 1.37 bits per heavy atom. The van der Waals surface area contributed by atoms with Crippen LogP contribution in [-0.4, -0.2) is 10.5 Å². The van der Waals surface area contributed by atoms with E-state index in [2.05, 4.69) is 75.7 Å². The molecule has 0 aliphatic heterocycles. The van der Waals surface area contributed by atoms with E-state index in [0.717, 1.165) is 15.8 Å². The standard InChI is InChI=1S/C14H16BrIN2O/c1-14(2,3)18-8-13-17-7-12(19-13)10-6-9(16)4-5-11(10)15/h4-7,18H,8H2,1-3H3. The van der Waals surface area contributed by atoms with Crippen LogP contribution in [0.3, 0.4) is 0 Å². The summed E-state index contributed by atoms with van der Waals surface area (Å²) in [6, 6.07) is 6.14. The highest BCUT2D eigenvalue weighted by Gasteiger charge is 2.13. The SMILES string of the molecule is CC(C)(C)NCc1ncc(-c2cc(I)ccc2Br)o1. The van der Waals surface area contributed by atoms with Crippen molar-refractivity contribution in [2.75, 3.05) is 0 Å². The van der Waals surface area contributed by atoms with Crippen molar-refractivity contribution in [3.63, 3.8) is 0 Å². The number of benzene rings is 1. The molecule has 0 aliphatic carbocycles. The summed E-state index contributed by atoms with van der Waals surface area (Å²) in [7, 11) is 0. The molecule has 1 N–H and O–H groups in total. The van der Waals surface area contributed by atoms with E-state index in [1.54, 1.807) is 6.20 Å². The van der Waals surface area contributed by atoms with Gasteiger partial charge in [-0.2, -0.15) is 0 Å². The largest absolute Gasteiger partial charge is 0.439 e. The van der Waals surface area contributed by atoms with E-state index in [-0.39, 0.29) is 5.54 Å².